The number of carbonyl (C=O) groups is 1. The van der Waals surface area contributed by atoms with E-state index in [-0.39, 0.29) is 17.9 Å². The SMILES string of the molecule is C[C@@H]1CN(Cc2ccc(O)cc2)C(=O)O1. The molecule has 1 saturated heterocycles. The fourth-order valence-corrected chi connectivity index (χ4v) is 1.62. The van der Waals surface area contributed by atoms with E-state index in [9.17, 15) is 4.79 Å². The number of benzene rings is 1. The lowest BCUT2D eigenvalue weighted by molar-refractivity contribution is 0.137. The van der Waals surface area contributed by atoms with E-state index in [0.29, 0.717) is 13.1 Å². The second-order valence-corrected chi connectivity index (χ2v) is 3.74. The highest BCUT2D eigenvalue weighted by Crippen LogP contribution is 2.16. The van der Waals surface area contributed by atoms with Crippen LogP contribution in [0.25, 0.3) is 0 Å². The summed E-state index contributed by atoms with van der Waals surface area (Å²) in [5.41, 5.74) is 0.985. The Kier molecular flexibility index (Phi) is 2.49. The zero-order valence-electron chi connectivity index (χ0n) is 8.51. The van der Waals surface area contributed by atoms with Crippen molar-refractivity contribution >= 4 is 6.09 Å². The zero-order chi connectivity index (χ0) is 10.8. The van der Waals surface area contributed by atoms with E-state index in [1.165, 1.54) is 0 Å². The Balaban J connectivity index is 2.03. The van der Waals surface area contributed by atoms with Crippen LogP contribution in [0.5, 0.6) is 5.75 Å². The van der Waals surface area contributed by atoms with Gasteiger partial charge in [0.1, 0.15) is 11.9 Å². The third-order valence-corrected chi connectivity index (χ3v) is 2.35. The van der Waals surface area contributed by atoms with Crippen molar-refractivity contribution in [3.8, 4) is 5.75 Å². The highest BCUT2D eigenvalue weighted by Gasteiger charge is 2.27. The summed E-state index contributed by atoms with van der Waals surface area (Å²) in [6.07, 6.45) is -0.301. The molecule has 0 spiro atoms. The topological polar surface area (TPSA) is 49.8 Å². The molecular weight excluding hydrogens is 194 g/mol. The van der Waals surface area contributed by atoms with Gasteiger partial charge in [0.2, 0.25) is 0 Å². The van der Waals surface area contributed by atoms with Gasteiger partial charge in [0.05, 0.1) is 6.54 Å². The Morgan fingerprint density at radius 2 is 2.13 bits per heavy atom. The van der Waals surface area contributed by atoms with E-state index in [2.05, 4.69) is 0 Å². The van der Waals surface area contributed by atoms with E-state index >= 15 is 0 Å². The van der Waals surface area contributed by atoms with Gasteiger partial charge in [-0.25, -0.2) is 4.79 Å². The van der Waals surface area contributed by atoms with Crippen LogP contribution < -0.4 is 0 Å². The Labute approximate surface area is 88.1 Å². The molecule has 1 aliphatic heterocycles. The summed E-state index contributed by atoms with van der Waals surface area (Å²) >= 11 is 0. The van der Waals surface area contributed by atoms with Crippen LogP contribution in [0.1, 0.15) is 12.5 Å². The largest absolute Gasteiger partial charge is 0.508 e. The molecule has 0 bridgehead atoms. The molecule has 1 fully saturated rings. The maximum atomic E-state index is 11.3. The lowest BCUT2D eigenvalue weighted by Gasteiger charge is -2.12. The fraction of sp³-hybridized carbons (Fsp3) is 0.364. The lowest BCUT2D eigenvalue weighted by Crippen LogP contribution is -2.24. The minimum atomic E-state index is -0.268. The molecule has 1 N–H and O–H groups in total. The van der Waals surface area contributed by atoms with Crippen LogP contribution >= 0.6 is 0 Å². The maximum absolute atomic E-state index is 11.3. The Bertz CT molecular complexity index is 361. The summed E-state index contributed by atoms with van der Waals surface area (Å²) in [5.74, 6) is 0.233. The van der Waals surface area contributed by atoms with Gasteiger partial charge < -0.3 is 14.7 Å². The third-order valence-electron chi connectivity index (χ3n) is 2.35. The second-order valence-electron chi connectivity index (χ2n) is 3.74. The molecule has 2 rings (SSSR count). The number of amides is 1. The standard InChI is InChI=1S/C11H13NO3/c1-8-6-12(11(14)15-8)7-9-2-4-10(13)5-3-9/h2-5,8,13H,6-7H2,1H3/t8-/m1/s1. The first-order chi connectivity index (χ1) is 7.15. The van der Waals surface area contributed by atoms with Crippen LogP contribution in [0.4, 0.5) is 4.79 Å². The number of ether oxygens (including phenoxy) is 1. The highest BCUT2D eigenvalue weighted by atomic mass is 16.6. The molecule has 0 saturated carbocycles. The van der Waals surface area contributed by atoms with Gasteiger partial charge in [-0.2, -0.15) is 0 Å². The van der Waals surface area contributed by atoms with Crippen molar-refractivity contribution in [2.75, 3.05) is 6.54 Å². The summed E-state index contributed by atoms with van der Waals surface area (Å²) < 4.78 is 5.01. The highest BCUT2D eigenvalue weighted by molar-refractivity contribution is 5.69. The predicted molar refractivity (Wildman–Crippen MR) is 54.5 cm³/mol. The number of cyclic esters (lactones) is 1. The Morgan fingerprint density at radius 3 is 2.67 bits per heavy atom. The number of phenolic OH excluding ortho intramolecular Hbond substituents is 1. The van der Waals surface area contributed by atoms with Gasteiger partial charge in [0.25, 0.3) is 0 Å². The molecule has 1 aromatic rings. The number of nitrogens with zero attached hydrogens (tertiary/aromatic N) is 1. The molecule has 1 heterocycles. The molecule has 4 nitrogen and oxygen atoms in total. The fourth-order valence-electron chi connectivity index (χ4n) is 1.62. The van der Waals surface area contributed by atoms with Crippen molar-refractivity contribution in [2.24, 2.45) is 0 Å². The number of rotatable bonds is 2. The second kappa shape index (κ2) is 3.81. The number of aromatic hydroxyl groups is 1. The summed E-state index contributed by atoms with van der Waals surface area (Å²) in [6, 6.07) is 6.82. The summed E-state index contributed by atoms with van der Waals surface area (Å²) in [5, 5.41) is 9.11. The Morgan fingerprint density at radius 1 is 1.47 bits per heavy atom. The summed E-state index contributed by atoms with van der Waals surface area (Å²) in [7, 11) is 0. The first-order valence-corrected chi connectivity index (χ1v) is 4.88. The van der Waals surface area contributed by atoms with Crippen LogP contribution in [0.3, 0.4) is 0 Å². The van der Waals surface area contributed by atoms with Crippen LogP contribution in [0.2, 0.25) is 0 Å². The molecule has 0 radical (unpaired) electrons. The van der Waals surface area contributed by atoms with Crippen LogP contribution in [0.15, 0.2) is 24.3 Å². The van der Waals surface area contributed by atoms with Crippen LogP contribution in [-0.4, -0.2) is 28.7 Å². The zero-order valence-corrected chi connectivity index (χ0v) is 8.51. The van der Waals surface area contributed by atoms with Gasteiger partial charge >= 0.3 is 6.09 Å². The maximum Gasteiger partial charge on any atom is 0.410 e. The molecule has 0 unspecified atom stereocenters. The van der Waals surface area contributed by atoms with Crippen molar-refractivity contribution in [2.45, 2.75) is 19.6 Å². The van der Waals surface area contributed by atoms with Gasteiger partial charge in [-0.1, -0.05) is 12.1 Å². The predicted octanol–water partition coefficient (Wildman–Crippen LogP) is 1.73. The molecule has 0 aromatic heterocycles. The van der Waals surface area contributed by atoms with Crippen molar-refractivity contribution in [1.82, 2.24) is 4.90 Å². The van der Waals surface area contributed by atoms with Crippen molar-refractivity contribution in [3.05, 3.63) is 29.8 Å². The first kappa shape index (κ1) is 9.83. The number of hydrogen-bond donors (Lipinski definition) is 1. The monoisotopic (exact) mass is 207 g/mol. The quantitative estimate of drug-likeness (QED) is 0.803. The Hall–Kier alpha value is -1.71. The summed E-state index contributed by atoms with van der Waals surface area (Å²) in [4.78, 5) is 13.0. The third kappa shape index (κ3) is 2.21. The van der Waals surface area contributed by atoms with Crippen LogP contribution in [0, 0.1) is 0 Å². The van der Waals surface area contributed by atoms with E-state index in [4.69, 9.17) is 9.84 Å². The molecule has 1 aromatic carbocycles. The van der Waals surface area contributed by atoms with Gasteiger partial charge in [0.15, 0.2) is 0 Å². The molecule has 4 heteroatoms. The number of hydrogen-bond acceptors (Lipinski definition) is 3. The van der Waals surface area contributed by atoms with Gasteiger partial charge in [0, 0.05) is 6.54 Å². The molecule has 1 amide bonds. The van der Waals surface area contributed by atoms with Crippen molar-refractivity contribution in [1.29, 1.82) is 0 Å². The van der Waals surface area contributed by atoms with E-state index in [0.717, 1.165) is 5.56 Å². The van der Waals surface area contributed by atoms with Gasteiger partial charge in [-0.3, -0.25) is 0 Å². The number of phenols is 1. The first-order valence-electron chi connectivity index (χ1n) is 4.88. The average Bonchev–Trinajstić information content (AvgIpc) is 2.49. The van der Waals surface area contributed by atoms with Crippen molar-refractivity contribution in [3.63, 3.8) is 0 Å². The van der Waals surface area contributed by atoms with Gasteiger partial charge in [-0.05, 0) is 24.6 Å². The van der Waals surface area contributed by atoms with E-state index in [1.807, 2.05) is 6.92 Å². The molecule has 15 heavy (non-hydrogen) atoms. The van der Waals surface area contributed by atoms with E-state index in [1.54, 1.807) is 29.2 Å². The van der Waals surface area contributed by atoms with E-state index < -0.39 is 0 Å². The van der Waals surface area contributed by atoms with Gasteiger partial charge in [-0.15, -0.1) is 0 Å². The lowest BCUT2D eigenvalue weighted by atomic mass is 10.2. The molecule has 0 aliphatic carbocycles. The minimum absolute atomic E-state index is 0.0328. The molecule has 80 valence electrons. The summed E-state index contributed by atoms with van der Waals surface area (Å²) in [6.45, 7) is 3.03. The molecular formula is C11H13NO3. The minimum Gasteiger partial charge on any atom is -0.508 e. The smallest absolute Gasteiger partial charge is 0.410 e. The molecule has 1 aliphatic rings. The van der Waals surface area contributed by atoms with Crippen molar-refractivity contribution < 1.29 is 14.6 Å². The van der Waals surface area contributed by atoms with Crippen LogP contribution in [-0.2, 0) is 11.3 Å². The molecule has 1 atom stereocenters. The number of carbonyl (C=O) groups excluding carboxylic acids is 1. The normalized spacial score (nSPS) is 20.5. The average molecular weight is 207 g/mol.